The lowest BCUT2D eigenvalue weighted by Crippen LogP contribution is -2.70. The van der Waals surface area contributed by atoms with Crippen LogP contribution in [0, 0.1) is 23.2 Å². The summed E-state index contributed by atoms with van der Waals surface area (Å²) >= 11 is 8.18. The average molecular weight is 452 g/mol. The van der Waals surface area contributed by atoms with E-state index in [2.05, 4.69) is 26.9 Å². The normalized spacial score (nSPS) is 27.7. The summed E-state index contributed by atoms with van der Waals surface area (Å²) in [5, 5.41) is 33.5. The van der Waals surface area contributed by atoms with Crippen molar-refractivity contribution in [2.24, 2.45) is 11.8 Å². The summed E-state index contributed by atoms with van der Waals surface area (Å²) in [5.74, 6) is -0.645. The van der Waals surface area contributed by atoms with Gasteiger partial charge in [0.2, 0.25) is 5.16 Å². The Hall–Kier alpha value is -2.17. The van der Waals surface area contributed by atoms with Crippen LogP contribution in [0.4, 0.5) is 0 Å². The molecule has 10 nitrogen and oxygen atoms in total. The molecule has 4 rings (SSSR count). The second kappa shape index (κ2) is 7.92. The van der Waals surface area contributed by atoms with Gasteiger partial charge < -0.3 is 10.4 Å². The van der Waals surface area contributed by atoms with E-state index < -0.39 is 12.0 Å². The van der Waals surface area contributed by atoms with Crippen LogP contribution in [0.5, 0.6) is 0 Å². The fourth-order valence-electron chi connectivity index (χ4n) is 3.33. The van der Waals surface area contributed by atoms with E-state index in [9.17, 15) is 14.7 Å². The Kier molecular flexibility index (Phi) is 5.50. The van der Waals surface area contributed by atoms with Crippen LogP contribution < -0.4 is 5.32 Å². The van der Waals surface area contributed by atoms with Gasteiger partial charge in [0.1, 0.15) is 17.1 Å². The van der Waals surface area contributed by atoms with Crippen LogP contribution in [0.3, 0.4) is 0 Å². The molecule has 0 aromatic carbocycles. The minimum atomic E-state index is -1.12. The molecule has 2 N–H and O–H groups in total. The Morgan fingerprint density at radius 2 is 2.34 bits per heavy atom. The maximum Gasteiger partial charge on any atom is 0.352 e. The predicted octanol–water partition coefficient (Wildman–Crippen LogP) is 0.484. The molecule has 1 aromatic heterocycles. The van der Waals surface area contributed by atoms with Crippen LogP contribution >= 0.6 is 35.7 Å². The summed E-state index contributed by atoms with van der Waals surface area (Å²) in [6, 6.07) is 1.62. The van der Waals surface area contributed by atoms with Gasteiger partial charge in [-0.15, -0.1) is 16.9 Å². The lowest BCUT2D eigenvalue weighted by molar-refractivity contribution is -0.148. The highest BCUT2D eigenvalue weighted by Gasteiger charge is 2.55. The Morgan fingerprint density at radius 1 is 1.55 bits per heavy atom. The number of aryl methyl sites for hydroxylation is 1. The van der Waals surface area contributed by atoms with Gasteiger partial charge in [-0.25, -0.2) is 9.48 Å². The number of hydrogen-bond acceptors (Lipinski definition) is 9. The zero-order valence-corrected chi connectivity index (χ0v) is 17.8. The van der Waals surface area contributed by atoms with Gasteiger partial charge in [-0.05, 0) is 29.3 Å². The molecule has 13 heteroatoms. The number of carboxylic acid groups (broad SMARTS) is 1. The van der Waals surface area contributed by atoms with E-state index in [1.807, 2.05) is 6.92 Å². The van der Waals surface area contributed by atoms with Crippen LogP contribution in [-0.2, 0) is 16.1 Å². The zero-order chi connectivity index (χ0) is 20.7. The SMILES string of the molecule is CCn1nnnc1SCC1=C(C(=O)O)N2C(=O)C(NC(=S)[C@H]3C[C@H]3C#N)[C@@H]2SC1. The molecular formula is C16H17N7O3S3. The number of rotatable bonds is 7. The molecule has 0 spiro atoms. The van der Waals surface area contributed by atoms with E-state index in [4.69, 9.17) is 17.5 Å². The lowest BCUT2D eigenvalue weighted by atomic mass is 10.0. The van der Waals surface area contributed by atoms with Gasteiger partial charge in [0.15, 0.2) is 0 Å². The average Bonchev–Trinajstić information content (AvgIpc) is 3.38. The summed E-state index contributed by atoms with van der Waals surface area (Å²) in [4.78, 5) is 26.5. The van der Waals surface area contributed by atoms with Crippen LogP contribution in [-0.4, -0.2) is 70.0 Å². The third-order valence-corrected chi connectivity index (χ3v) is 7.82. The largest absolute Gasteiger partial charge is 0.477 e. The molecule has 3 heterocycles. The number of aromatic nitrogens is 4. The van der Waals surface area contributed by atoms with Gasteiger partial charge >= 0.3 is 5.97 Å². The maximum atomic E-state index is 12.7. The topological polar surface area (TPSA) is 137 Å². The molecule has 1 saturated heterocycles. The highest BCUT2D eigenvalue weighted by Crippen LogP contribution is 2.43. The lowest BCUT2D eigenvalue weighted by Gasteiger charge is -2.49. The molecule has 1 aromatic rings. The van der Waals surface area contributed by atoms with Crippen LogP contribution in [0.15, 0.2) is 16.4 Å². The summed E-state index contributed by atoms with van der Waals surface area (Å²) < 4.78 is 1.63. The van der Waals surface area contributed by atoms with E-state index >= 15 is 0 Å². The van der Waals surface area contributed by atoms with Gasteiger partial charge in [0, 0.05) is 24.0 Å². The minimum absolute atomic E-state index is 0.00332. The zero-order valence-electron chi connectivity index (χ0n) is 15.3. The molecule has 2 aliphatic heterocycles. The first-order valence-corrected chi connectivity index (χ1v) is 11.4. The second-order valence-corrected chi connectivity index (χ2v) is 9.28. The first-order chi connectivity index (χ1) is 14.0. The number of nitrogens with one attached hydrogen (secondary N) is 1. The number of aliphatic carboxylic acids is 1. The third kappa shape index (κ3) is 3.60. The Labute approximate surface area is 180 Å². The summed E-state index contributed by atoms with van der Waals surface area (Å²) in [6.07, 6.45) is 0.712. The number of nitrogens with zero attached hydrogens (tertiary/aromatic N) is 6. The quantitative estimate of drug-likeness (QED) is 0.340. The molecule has 1 saturated carbocycles. The first-order valence-electron chi connectivity index (χ1n) is 8.95. The smallest absolute Gasteiger partial charge is 0.352 e. The van der Waals surface area contributed by atoms with Crippen molar-refractivity contribution in [3.8, 4) is 6.07 Å². The molecule has 4 atom stereocenters. The van der Waals surface area contributed by atoms with Gasteiger partial charge in [0.05, 0.1) is 17.0 Å². The number of amides is 1. The van der Waals surface area contributed by atoms with Crippen LogP contribution in [0.25, 0.3) is 0 Å². The molecule has 29 heavy (non-hydrogen) atoms. The minimum Gasteiger partial charge on any atom is -0.477 e. The molecule has 1 aliphatic carbocycles. The van der Waals surface area contributed by atoms with E-state index in [-0.39, 0.29) is 28.8 Å². The van der Waals surface area contributed by atoms with Crippen LogP contribution in [0.2, 0.25) is 0 Å². The number of thiocarbonyl (C=S) groups is 1. The van der Waals surface area contributed by atoms with Gasteiger partial charge in [-0.2, -0.15) is 5.26 Å². The predicted molar refractivity (Wildman–Crippen MR) is 109 cm³/mol. The van der Waals surface area contributed by atoms with Gasteiger partial charge in [0.25, 0.3) is 5.91 Å². The Balaban J connectivity index is 1.46. The van der Waals surface area contributed by atoms with E-state index in [0.717, 1.165) is 0 Å². The van der Waals surface area contributed by atoms with Crippen molar-refractivity contribution < 1.29 is 14.7 Å². The first kappa shape index (κ1) is 20.1. The van der Waals surface area contributed by atoms with Gasteiger partial charge in [-0.3, -0.25) is 9.69 Å². The standard InChI is InChI=1S/C16H17N7O3S3/c1-2-22-16(19-20-21-22)29-6-8-5-28-14-10(13(24)23(14)11(8)15(25)26)18-12(27)9-3-7(9)4-17/h7,9-10,14H,2-3,5-6H2,1H3,(H,18,27)(H,25,26)/t7-,9-,10?,14-/m0/s1. The number of β-lactam (4-membered cyclic amide) rings is 1. The number of tetrazole rings is 1. The molecule has 0 bridgehead atoms. The van der Waals surface area contributed by atoms with Crippen molar-refractivity contribution in [1.82, 2.24) is 30.4 Å². The number of carbonyl (C=O) groups is 2. The molecule has 1 amide bonds. The van der Waals surface area contributed by atoms with Crippen molar-refractivity contribution in [2.45, 2.75) is 36.5 Å². The molecule has 1 unspecified atom stereocenters. The van der Waals surface area contributed by atoms with Crippen molar-refractivity contribution in [1.29, 1.82) is 5.26 Å². The number of nitriles is 1. The molecule has 0 radical (unpaired) electrons. The second-order valence-electron chi connectivity index (χ2n) is 6.80. The van der Waals surface area contributed by atoms with E-state index in [0.29, 0.717) is 40.2 Å². The van der Waals surface area contributed by atoms with Crippen molar-refractivity contribution in [2.75, 3.05) is 11.5 Å². The fraction of sp³-hybridized carbons (Fsp3) is 0.562. The highest BCUT2D eigenvalue weighted by atomic mass is 32.2. The summed E-state index contributed by atoms with van der Waals surface area (Å²) in [6.45, 7) is 2.53. The highest BCUT2D eigenvalue weighted by molar-refractivity contribution is 8.01. The number of carbonyl (C=O) groups excluding carboxylic acids is 1. The van der Waals surface area contributed by atoms with Crippen molar-refractivity contribution in [3.05, 3.63) is 11.3 Å². The van der Waals surface area contributed by atoms with Crippen LogP contribution in [0.1, 0.15) is 13.3 Å². The van der Waals surface area contributed by atoms with E-state index in [1.54, 1.807) is 4.68 Å². The summed E-state index contributed by atoms with van der Waals surface area (Å²) in [5.41, 5.74) is 0.697. The number of hydrogen-bond donors (Lipinski definition) is 2. The number of carboxylic acids is 1. The maximum absolute atomic E-state index is 12.7. The van der Waals surface area contributed by atoms with Crippen molar-refractivity contribution >= 4 is 52.6 Å². The van der Waals surface area contributed by atoms with Gasteiger partial charge in [-0.1, -0.05) is 24.0 Å². The number of fused-ring (bicyclic) bond motifs is 1. The molecule has 2 fully saturated rings. The Bertz CT molecular complexity index is 956. The van der Waals surface area contributed by atoms with E-state index in [1.165, 1.54) is 28.4 Å². The summed E-state index contributed by atoms with van der Waals surface area (Å²) in [7, 11) is 0. The Morgan fingerprint density at radius 3 is 3.00 bits per heavy atom. The number of thioether (sulfide) groups is 2. The molecule has 3 aliphatic rings. The fourth-order valence-corrected chi connectivity index (χ4v) is 6.15. The molecule has 152 valence electrons. The monoisotopic (exact) mass is 451 g/mol. The molecular weight excluding hydrogens is 434 g/mol. The van der Waals surface area contributed by atoms with Crippen molar-refractivity contribution in [3.63, 3.8) is 0 Å². The third-order valence-electron chi connectivity index (χ3n) is 5.01.